The van der Waals surface area contributed by atoms with Crippen molar-refractivity contribution in [3.8, 4) is 17.2 Å². The van der Waals surface area contributed by atoms with E-state index in [-0.39, 0.29) is 28.9 Å². The Morgan fingerprint density at radius 1 is 0.689 bits per heavy atom. The number of aliphatic hydroxyl groups is 1. The molecule has 0 bridgehead atoms. The van der Waals surface area contributed by atoms with Gasteiger partial charge in [-0.3, -0.25) is 33.6 Å². The van der Waals surface area contributed by atoms with Crippen LogP contribution in [0.15, 0.2) is 42.5 Å². The fourth-order valence-corrected chi connectivity index (χ4v) is 6.53. The molecule has 2 N–H and O–H groups in total. The highest BCUT2D eigenvalue weighted by atomic mass is 16.7. The van der Waals surface area contributed by atoms with Gasteiger partial charge in [0.2, 0.25) is 5.91 Å². The Balaban J connectivity index is 1.80. The standard InChI is InChI=1S/C41H51NO19/c1-19(2)40(50)42-26-11-13-27(14-12-26)58-29-16-25(10-15-28(29)51-8)34-33(49)37(35(54-21(4)44)30(59-34)17-32(48)52-9)61-41-39(57-24(7)47)38(56-23(6)46)36(55-22(5)45)31(60-41)18-53-20(3)43/h10-16,19,30-31,33-39,41,49H,17-18H2,1-9H3,(H,42,50)/t30-,31-,33-,34-,35-,36-,37-,38-,39-,41-/m1/s1. The lowest BCUT2D eigenvalue weighted by molar-refractivity contribution is -0.344. The first-order valence-electron chi connectivity index (χ1n) is 19.1. The number of esters is 6. The molecule has 2 fully saturated rings. The van der Waals surface area contributed by atoms with Gasteiger partial charge in [0.15, 0.2) is 42.2 Å². The first kappa shape index (κ1) is 47.8. The van der Waals surface area contributed by atoms with Crippen LogP contribution in [0.2, 0.25) is 0 Å². The fraction of sp³-hybridized carbons (Fsp3) is 0.537. The van der Waals surface area contributed by atoms with Crippen LogP contribution in [0.3, 0.4) is 0 Å². The van der Waals surface area contributed by atoms with Gasteiger partial charge in [0.1, 0.15) is 42.9 Å². The van der Waals surface area contributed by atoms with Crippen LogP contribution < -0.4 is 14.8 Å². The Morgan fingerprint density at radius 2 is 1.26 bits per heavy atom. The van der Waals surface area contributed by atoms with Crippen molar-refractivity contribution in [1.29, 1.82) is 0 Å². The molecule has 2 aromatic rings. The summed E-state index contributed by atoms with van der Waals surface area (Å²) in [6.45, 7) is 8.24. The van der Waals surface area contributed by atoms with Crippen LogP contribution in [0, 0.1) is 5.92 Å². The van der Waals surface area contributed by atoms with Crippen LogP contribution in [-0.4, -0.2) is 123 Å². The smallest absolute Gasteiger partial charge is 0.308 e. The normalized spacial score (nSPS) is 25.9. The third-order valence-electron chi connectivity index (χ3n) is 9.19. The minimum absolute atomic E-state index is 0.151. The summed E-state index contributed by atoms with van der Waals surface area (Å²) >= 11 is 0. The van der Waals surface area contributed by atoms with E-state index in [4.69, 9.17) is 52.1 Å². The number of ether oxygens (including phenoxy) is 11. The van der Waals surface area contributed by atoms with E-state index in [0.717, 1.165) is 41.7 Å². The molecule has 2 aliphatic rings. The van der Waals surface area contributed by atoms with E-state index in [1.54, 1.807) is 38.1 Å². The zero-order chi connectivity index (χ0) is 45.1. The summed E-state index contributed by atoms with van der Waals surface area (Å²) < 4.78 is 62.7. The summed E-state index contributed by atoms with van der Waals surface area (Å²) in [7, 11) is 2.54. The molecule has 0 radical (unpaired) electrons. The highest BCUT2D eigenvalue weighted by Crippen LogP contribution is 2.42. The minimum atomic E-state index is -1.83. The van der Waals surface area contributed by atoms with Gasteiger partial charge in [0.05, 0.1) is 20.6 Å². The number of amides is 1. The van der Waals surface area contributed by atoms with Gasteiger partial charge in [0.25, 0.3) is 0 Å². The van der Waals surface area contributed by atoms with Crippen LogP contribution in [0.1, 0.15) is 66.6 Å². The first-order chi connectivity index (χ1) is 28.8. The third kappa shape index (κ3) is 13.1. The molecule has 2 saturated heterocycles. The lowest BCUT2D eigenvalue weighted by Crippen LogP contribution is -2.65. The van der Waals surface area contributed by atoms with Crippen molar-refractivity contribution in [3.63, 3.8) is 0 Å². The fourth-order valence-electron chi connectivity index (χ4n) is 6.53. The average Bonchev–Trinajstić information content (AvgIpc) is 3.18. The summed E-state index contributed by atoms with van der Waals surface area (Å²) in [5.41, 5.74) is 0.780. The summed E-state index contributed by atoms with van der Waals surface area (Å²) in [5.74, 6) is -4.78. The van der Waals surface area contributed by atoms with Gasteiger partial charge in [0, 0.05) is 46.2 Å². The van der Waals surface area contributed by atoms with Crippen molar-refractivity contribution in [2.75, 3.05) is 26.1 Å². The summed E-state index contributed by atoms with van der Waals surface area (Å²) in [4.78, 5) is 86.7. The molecule has 20 heteroatoms. The number of benzene rings is 2. The lowest BCUT2D eigenvalue weighted by atomic mass is 9.89. The molecule has 2 aromatic carbocycles. The number of carbonyl (C=O) groups is 7. The molecule has 20 nitrogen and oxygen atoms in total. The second-order valence-electron chi connectivity index (χ2n) is 14.3. The molecule has 4 rings (SSSR count). The van der Waals surface area contributed by atoms with Gasteiger partial charge in [-0.25, -0.2) is 0 Å². The Labute approximate surface area is 351 Å². The summed E-state index contributed by atoms with van der Waals surface area (Å²) in [6, 6.07) is 11.1. The molecule has 0 aliphatic carbocycles. The minimum Gasteiger partial charge on any atom is -0.493 e. The highest BCUT2D eigenvalue weighted by molar-refractivity contribution is 5.92. The number of hydrogen-bond donors (Lipinski definition) is 2. The van der Waals surface area contributed by atoms with Crippen LogP contribution in [-0.2, 0) is 76.2 Å². The van der Waals surface area contributed by atoms with Gasteiger partial charge in [-0.15, -0.1) is 0 Å². The van der Waals surface area contributed by atoms with Gasteiger partial charge >= 0.3 is 35.8 Å². The van der Waals surface area contributed by atoms with E-state index in [0.29, 0.717) is 11.4 Å². The molecule has 334 valence electrons. The molecule has 0 spiro atoms. The van der Waals surface area contributed by atoms with Crippen molar-refractivity contribution in [3.05, 3.63) is 48.0 Å². The van der Waals surface area contributed by atoms with Gasteiger partial charge in [-0.1, -0.05) is 19.9 Å². The van der Waals surface area contributed by atoms with Crippen LogP contribution >= 0.6 is 0 Å². The predicted molar refractivity (Wildman–Crippen MR) is 206 cm³/mol. The van der Waals surface area contributed by atoms with Crippen molar-refractivity contribution in [2.24, 2.45) is 5.92 Å². The average molecular weight is 862 g/mol. The van der Waals surface area contributed by atoms with Crippen molar-refractivity contribution >= 4 is 47.4 Å². The Kier molecular flexibility index (Phi) is 17.0. The molecular formula is C41H51NO19. The van der Waals surface area contributed by atoms with Crippen molar-refractivity contribution < 1.29 is 90.8 Å². The Hall–Kier alpha value is -5.83. The second kappa shape index (κ2) is 21.6. The SMILES string of the molecule is COC(=O)C[C@H]1O[C@H](c2ccc(OC)c(Oc3ccc(NC(=O)C(C)C)cc3)c2)[C@@H](O)[C@@H](O[C@H]2O[C@H](COC(C)=O)[C@@H](OC(C)=O)[C@@H](OC(C)=O)[C@H]2OC(C)=O)[C@@H]1OC(C)=O. The molecule has 2 heterocycles. The number of carbonyl (C=O) groups excluding carboxylic acids is 7. The summed E-state index contributed by atoms with van der Waals surface area (Å²) in [5, 5.41) is 15.0. The van der Waals surface area contributed by atoms with E-state index in [1.807, 2.05) is 0 Å². The Morgan fingerprint density at radius 3 is 1.80 bits per heavy atom. The topological polar surface area (TPSA) is 253 Å². The van der Waals surface area contributed by atoms with E-state index in [2.05, 4.69) is 5.32 Å². The van der Waals surface area contributed by atoms with E-state index in [1.165, 1.54) is 25.3 Å². The Bertz CT molecular complexity index is 1900. The lowest BCUT2D eigenvalue weighted by Gasteiger charge is -2.48. The summed E-state index contributed by atoms with van der Waals surface area (Å²) in [6.07, 6.45) is -16.5. The van der Waals surface area contributed by atoms with E-state index in [9.17, 15) is 38.7 Å². The van der Waals surface area contributed by atoms with Gasteiger partial charge in [-0.05, 0) is 42.0 Å². The maximum atomic E-state index is 12.8. The van der Waals surface area contributed by atoms with Crippen molar-refractivity contribution in [1.82, 2.24) is 0 Å². The van der Waals surface area contributed by atoms with Crippen LogP contribution in [0.4, 0.5) is 5.69 Å². The molecule has 10 atom stereocenters. The number of rotatable bonds is 16. The molecule has 0 aromatic heterocycles. The molecule has 0 unspecified atom stereocenters. The number of nitrogens with one attached hydrogen (secondary N) is 1. The number of hydrogen-bond acceptors (Lipinski definition) is 19. The molecular weight excluding hydrogens is 810 g/mol. The zero-order valence-electron chi connectivity index (χ0n) is 35.1. The molecule has 2 aliphatic heterocycles. The third-order valence-corrected chi connectivity index (χ3v) is 9.19. The number of methoxy groups -OCH3 is 2. The second-order valence-corrected chi connectivity index (χ2v) is 14.3. The van der Waals surface area contributed by atoms with Crippen LogP contribution in [0.25, 0.3) is 0 Å². The monoisotopic (exact) mass is 861 g/mol. The zero-order valence-corrected chi connectivity index (χ0v) is 35.1. The quantitative estimate of drug-likeness (QED) is 0.182. The van der Waals surface area contributed by atoms with Crippen LogP contribution in [0.5, 0.6) is 17.2 Å². The molecule has 0 saturated carbocycles. The highest BCUT2D eigenvalue weighted by Gasteiger charge is 2.57. The van der Waals surface area contributed by atoms with Crippen molar-refractivity contribution in [2.45, 2.75) is 116 Å². The maximum absolute atomic E-state index is 12.8. The van der Waals surface area contributed by atoms with E-state index < -0.39 is 110 Å². The molecule has 1 amide bonds. The number of aliphatic hydroxyl groups excluding tert-OH is 1. The molecule has 61 heavy (non-hydrogen) atoms. The predicted octanol–water partition coefficient (Wildman–Crippen LogP) is 2.85. The van der Waals surface area contributed by atoms with Gasteiger partial charge < -0.3 is 62.5 Å². The van der Waals surface area contributed by atoms with E-state index >= 15 is 0 Å². The first-order valence-corrected chi connectivity index (χ1v) is 19.1. The van der Waals surface area contributed by atoms with Gasteiger partial charge in [-0.2, -0.15) is 0 Å². The maximum Gasteiger partial charge on any atom is 0.308 e. The largest absolute Gasteiger partial charge is 0.493 e. The number of anilines is 1.